The van der Waals surface area contributed by atoms with E-state index in [4.69, 9.17) is 0 Å². The van der Waals surface area contributed by atoms with Crippen molar-refractivity contribution in [2.24, 2.45) is 0 Å². The molecule has 2 aromatic heterocycles. The van der Waals surface area contributed by atoms with Gasteiger partial charge in [-0.3, -0.25) is 0 Å². The number of hydrogen-bond donors (Lipinski definition) is 0. The lowest BCUT2D eigenvalue weighted by Gasteiger charge is -2.03. The van der Waals surface area contributed by atoms with E-state index in [1.54, 1.807) is 72.8 Å². The zero-order chi connectivity index (χ0) is 17.7. The van der Waals surface area contributed by atoms with Crippen molar-refractivity contribution in [2.75, 3.05) is 0 Å². The highest BCUT2D eigenvalue weighted by molar-refractivity contribution is 5.83. The van der Waals surface area contributed by atoms with Crippen molar-refractivity contribution in [1.82, 2.24) is 19.5 Å². The summed E-state index contributed by atoms with van der Waals surface area (Å²) >= 11 is 0. The molecular formula is C20H12F2N4. The molecule has 0 fully saturated rings. The highest BCUT2D eigenvalue weighted by Gasteiger charge is 2.16. The van der Waals surface area contributed by atoms with Gasteiger partial charge in [0.05, 0.1) is 11.0 Å². The Hall–Kier alpha value is -3.54. The minimum Gasteiger partial charge on any atom is -0.226 e. The Balaban J connectivity index is 1.69. The van der Waals surface area contributed by atoms with Gasteiger partial charge in [0, 0.05) is 11.1 Å². The first kappa shape index (κ1) is 14.8. The summed E-state index contributed by atoms with van der Waals surface area (Å²) in [5.41, 5.74) is 3.01. The Kier molecular flexibility index (Phi) is 3.12. The van der Waals surface area contributed by atoms with E-state index < -0.39 is 0 Å². The van der Waals surface area contributed by atoms with Gasteiger partial charge in [-0.1, -0.05) is 51.4 Å². The average Bonchev–Trinajstić information content (AvgIpc) is 3.20. The Morgan fingerprint density at radius 1 is 0.577 bits per heavy atom. The number of aromatic nitrogens is 4. The molecule has 2 heterocycles. The largest absolute Gasteiger partial charge is 0.226 e. The van der Waals surface area contributed by atoms with Gasteiger partial charge in [0.1, 0.15) is 11.0 Å². The van der Waals surface area contributed by atoms with Crippen LogP contribution < -0.4 is 0 Å². The van der Waals surface area contributed by atoms with Crippen LogP contribution in [-0.2, 0) is 0 Å². The SMILES string of the molecule is Fn1c(-c2cccc(-c3nc4ccccc4n3F)c2)nc2ccccc21. The van der Waals surface area contributed by atoms with Crippen LogP contribution in [0.4, 0.5) is 8.96 Å². The fourth-order valence-corrected chi connectivity index (χ4v) is 3.15. The topological polar surface area (TPSA) is 35.6 Å². The Morgan fingerprint density at radius 2 is 1.04 bits per heavy atom. The summed E-state index contributed by atoms with van der Waals surface area (Å²) in [6, 6.07) is 20.9. The van der Waals surface area contributed by atoms with Crippen LogP contribution in [0.3, 0.4) is 0 Å². The molecule has 5 rings (SSSR count). The molecule has 0 bridgehead atoms. The molecule has 0 N–H and O–H groups in total. The van der Waals surface area contributed by atoms with Crippen LogP contribution in [0.25, 0.3) is 44.8 Å². The fourth-order valence-electron chi connectivity index (χ4n) is 3.15. The van der Waals surface area contributed by atoms with E-state index in [-0.39, 0.29) is 11.6 Å². The van der Waals surface area contributed by atoms with Crippen LogP contribution in [0, 0.1) is 0 Å². The smallest absolute Gasteiger partial charge is 0.171 e. The molecule has 0 spiro atoms. The second kappa shape index (κ2) is 5.49. The van der Waals surface area contributed by atoms with Crippen molar-refractivity contribution >= 4 is 22.1 Å². The van der Waals surface area contributed by atoms with Gasteiger partial charge in [-0.2, -0.15) is 9.58 Å². The lowest BCUT2D eigenvalue weighted by atomic mass is 10.1. The average molecular weight is 346 g/mol. The molecule has 0 saturated heterocycles. The van der Waals surface area contributed by atoms with Crippen LogP contribution in [0.15, 0.2) is 72.8 Å². The first-order chi connectivity index (χ1) is 12.7. The molecule has 126 valence electrons. The second-order valence-electron chi connectivity index (χ2n) is 5.99. The number of benzene rings is 3. The zero-order valence-electron chi connectivity index (χ0n) is 13.5. The summed E-state index contributed by atoms with van der Waals surface area (Å²) in [4.78, 5) is 9.80. The van der Waals surface area contributed by atoms with Gasteiger partial charge in [-0.05, 0) is 30.3 Å². The van der Waals surface area contributed by atoms with Gasteiger partial charge >= 0.3 is 0 Å². The number of imidazole rings is 2. The number of halogens is 2. The van der Waals surface area contributed by atoms with Crippen molar-refractivity contribution < 1.29 is 8.96 Å². The molecule has 0 aliphatic carbocycles. The lowest BCUT2D eigenvalue weighted by molar-refractivity contribution is 0.390. The molecule has 4 nitrogen and oxygen atoms in total. The van der Waals surface area contributed by atoms with E-state index in [9.17, 15) is 8.96 Å². The molecule has 0 radical (unpaired) electrons. The van der Waals surface area contributed by atoms with Crippen LogP contribution in [-0.4, -0.2) is 19.5 Å². The third kappa shape index (κ3) is 2.12. The summed E-state index contributed by atoms with van der Waals surface area (Å²) in [5.74, 6) is 0.351. The Morgan fingerprint density at radius 3 is 1.50 bits per heavy atom. The van der Waals surface area contributed by atoms with E-state index in [1.165, 1.54) is 0 Å². The minimum atomic E-state index is 0.176. The van der Waals surface area contributed by atoms with Crippen LogP contribution in [0.5, 0.6) is 0 Å². The van der Waals surface area contributed by atoms with Gasteiger partial charge in [0.25, 0.3) is 0 Å². The van der Waals surface area contributed by atoms with Crippen molar-refractivity contribution in [3.05, 3.63) is 72.8 Å². The molecule has 0 aliphatic heterocycles. The normalized spacial score (nSPS) is 11.5. The third-order valence-corrected chi connectivity index (χ3v) is 4.39. The van der Waals surface area contributed by atoms with E-state index in [0.29, 0.717) is 42.8 Å². The lowest BCUT2D eigenvalue weighted by Crippen LogP contribution is -1.91. The number of hydrogen-bond acceptors (Lipinski definition) is 2. The van der Waals surface area contributed by atoms with Gasteiger partial charge in [-0.15, -0.1) is 0 Å². The van der Waals surface area contributed by atoms with Crippen LogP contribution in [0.2, 0.25) is 0 Å². The first-order valence-electron chi connectivity index (χ1n) is 8.10. The Labute approximate surface area is 146 Å². The molecule has 0 amide bonds. The highest BCUT2D eigenvalue weighted by Crippen LogP contribution is 2.30. The summed E-state index contributed by atoms with van der Waals surface area (Å²) in [7, 11) is 0. The van der Waals surface area contributed by atoms with E-state index in [1.807, 2.05) is 0 Å². The molecule has 3 aromatic carbocycles. The van der Waals surface area contributed by atoms with Gasteiger partial charge in [-0.25, -0.2) is 9.97 Å². The maximum Gasteiger partial charge on any atom is 0.171 e. The van der Waals surface area contributed by atoms with Gasteiger partial charge in [0.15, 0.2) is 11.6 Å². The maximum absolute atomic E-state index is 14.7. The third-order valence-electron chi connectivity index (χ3n) is 4.39. The quantitative estimate of drug-likeness (QED) is 0.441. The van der Waals surface area contributed by atoms with Crippen LogP contribution >= 0.6 is 0 Å². The van der Waals surface area contributed by atoms with E-state index >= 15 is 0 Å². The van der Waals surface area contributed by atoms with Gasteiger partial charge in [0.2, 0.25) is 0 Å². The predicted octanol–water partition coefficient (Wildman–Crippen LogP) is 5.19. The van der Waals surface area contributed by atoms with Crippen molar-refractivity contribution in [1.29, 1.82) is 0 Å². The fraction of sp³-hybridized carbons (Fsp3) is 0. The predicted molar refractivity (Wildman–Crippen MR) is 96.9 cm³/mol. The van der Waals surface area contributed by atoms with Crippen molar-refractivity contribution in [3.8, 4) is 22.8 Å². The number of rotatable bonds is 2. The van der Waals surface area contributed by atoms with E-state index in [2.05, 4.69) is 9.97 Å². The standard InChI is InChI=1S/C20H12F2N4/c21-25-17-10-3-1-8-15(17)23-19(25)13-6-5-7-14(12-13)20-24-16-9-2-4-11-18(16)26(20)22/h1-12H. The highest BCUT2D eigenvalue weighted by atomic mass is 19.2. The summed E-state index contributed by atoms with van der Waals surface area (Å²) in [6.07, 6.45) is 0. The second-order valence-corrected chi connectivity index (χ2v) is 5.99. The summed E-state index contributed by atoms with van der Waals surface area (Å²) in [6.45, 7) is 0. The molecule has 0 unspecified atom stereocenters. The summed E-state index contributed by atoms with van der Waals surface area (Å²) < 4.78 is 29.3. The van der Waals surface area contributed by atoms with Gasteiger partial charge < -0.3 is 0 Å². The van der Waals surface area contributed by atoms with E-state index in [0.717, 1.165) is 0 Å². The minimum absolute atomic E-state index is 0.176. The molecule has 5 aromatic rings. The molecule has 6 heteroatoms. The molecule has 0 aliphatic rings. The van der Waals surface area contributed by atoms with Crippen molar-refractivity contribution in [3.63, 3.8) is 0 Å². The Bertz CT molecular complexity index is 1170. The number of para-hydroxylation sites is 4. The maximum atomic E-state index is 14.7. The molecular weight excluding hydrogens is 334 g/mol. The summed E-state index contributed by atoms with van der Waals surface area (Å²) in [5, 5.41) is 0. The molecule has 0 saturated carbocycles. The van der Waals surface area contributed by atoms with Crippen molar-refractivity contribution in [2.45, 2.75) is 0 Å². The van der Waals surface area contributed by atoms with Crippen LogP contribution in [0.1, 0.15) is 0 Å². The molecule has 26 heavy (non-hydrogen) atoms. The zero-order valence-corrected chi connectivity index (χ0v) is 13.5. The monoisotopic (exact) mass is 346 g/mol. The number of fused-ring (bicyclic) bond motifs is 2. The molecule has 0 atom stereocenters. The first-order valence-corrected chi connectivity index (χ1v) is 8.10. The number of nitrogens with zero attached hydrogens (tertiary/aromatic N) is 4.